The Kier molecular flexibility index (Phi) is 4.50. The largest absolute Gasteiger partial charge is 0.309 e. The van der Waals surface area contributed by atoms with Gasteiger partial charge in [-0.25, -0.2) is 0 Å². The Bertz CT molecular complexity index is 371. The summed E-state index contributed by atoms with van der Waals surface area (Å²) in [7, 11) is 0. The van der Waals surface area contributed by atoms with E-state index in [1.54, 1.807) is 4.88 Å². The quantitative estimate of drug-likeness (QED) is 0.799. The smallest absolute Gasteiger partial charge is 0.0443 e. The second-order valence-electron chi connectivity index (χ2n) is 6.57. The van der Waals surface area contributed by atoms with E-state index >= 15 is 0 Å². The van der Waals surface area contributed by atoms with Gasteiger partial charge in [0, 0.05) is 15.8 Å². The molecule has 1 heterocycles. The minimum Gasteiger partial charge on any atom is -0.309 e. The molecule has 1 fully saturated rings. The Labute approximate surface area is 116 Å². The average molecular weight is 265 g/mol. The Hall–Kier alpha value is -0.340. The third-order valence-electron chi connectivity index (χ3n) is 3.91. The van der Waals surface area contributed by atoms with E-state index in [-0.39, 0.29) is 5.41 Å². The van der Waals surface area contributed by atoms with Gasteiger partial charge >= 0.3 is 0 Å². The Morgan fingerprint density at radius 1 is 1.33 bits per heavy atom. The highest BCUT2D eigenvalue weighted by atomic mass is 32.1. The molecule has 0 radical (unpaired) electrons. The van der Waals surface area contributed by atoms with Gasteiger partial charge in [0.25, 0.3) is 0 Å². The molecule has 1 aromatic rings. The van der Waals surface area contributed by atoms with Gasteiger partial charge in [-0.15, -0.1) is 11.3 Å². The Morgan fingerprint density at radius 2 is 2.06 bits per heavy atom. The number of rotatable bonds is 5. The molecule has 0 saturated heterocycles. The van der Waals surface area contributed by atoms with Crippen LogP contribution in [0.3, 0.4) is 0 Å². The average Bonchev–Trinajstić information content (AvgIpc) is 2.69. The first-order chi connectivity index (χ1) is 8.52. The zero-order chi connectivity index (χ0) is 13.2. The maximum absolute atomic E-state index is 3.76. The SMILES string of the molecule is CCCNC(c1ccc(C(C)(C)C)s1)C1CCC1. The van der Waals surface area contributed by atoms with Crippen molar-refractivity contribution in [2.24, 2.45) is 5.92 Å². The van der Waals surface area contributed by atoms with Gasteiger partial charge in [0.1, 0.15) is 0 Å². The minimum atomic E-state index is 0.290. The molecular weight excluding hydrogens is 238 g/mol. The van der Waals surface area contributed by atoms with Crippen LogP contribution in [0.4, 0.5) is 0 Å². The summed E-state index contributed by atoms with van der Waals surface area (Å²) in [5.41, 5.74) is 0.290. The van der Waals surface area contributed by atoms with E-state index in [1.807, 2.05) is 11.3 Å². The Balaban J connectivity index is 2.11. The van der Waals surface area contributed by atoms with Crippen LogP contribution >= 0.6 is 11.3 Å². The molecule has 1 aromatic heterocycles. The zero-order valence-corrected chi connectivity index (χ0v) is 13.1. The molecule has 0 spiro atoms. The van der Waals surface area contributed by atoms with E-state index in [0.29, 0.717) is 6.04 Å². The molecule has 2 heteroatoms. The van der Waals surface area contributed by atoms with Crippen molar-refractivity contribution in [2.75, 3.05) is 6.54 Å². The molecule has 1 saturated carbocycles. The molecule has 0 aromatic carbocycles. The molecule has 0 amide bonds. The summed E-state index contributed by atoms with van der Waals surface area (Å²) in [6.45, 7) is 10.3. The van der Waals surface area contributed by atoms with Crippen molar-refractivity contribution in [3.63, 3.8) is 0 Å². The Morgan fingerprint density at radius 3 is 2.50 bits per heavy atom. The third-order valence-corrected chi connectivity index (χ3v) is 5.50. The minimum absolute atomic E-state index is 0.290. The molecule has 0 bridgehead atoms. The van der Waals surface area contributed by atoms with Crippen LogP contribution in [0.15, 0.2) is 12.1 Å². The van der Waals surface area contributed by atoms with Gasteiger partial charge in [0.05, 0.1) is 0 Å². The van der Waals surface area contributed by atoms with Gasteiger partial charge in [-0.1, -0.05) is 34.1 Å². The predicted octanol–water partition coefficient (Wildman–Crippen LogP) is 4.89. The molecule has 1 aliphatic carbocycles. The van der Waals surface area contributed by atoms with Crippen LogP contribution < -0.4 is 5.32 Å². The molecule has 1 nitrogen and oxygen atoms in total. The first-order valence-corrected chi connectivity index (χ1v) is 8.17. The molecular formula is C16H27NS. The highest BCUT2D eigenvalue weighted by molar-refractivity contribution is 7.12. The van der Waals surface area contributed by atoms with Crippen LogP contribution in [0.2, 0.25) is 0 Å². The molecule has 1 unspecified atom stereocenters. The van der Waals surface area contributed by atoms with Crippen molar-refractivity contribution in [1.82, 2.24) is 5.32 Å². The van der Waals surface area contributed by atoms with Crippen molar-refractivity contribution in [3.05, 3.63) is 21.9 Å². The highest BCUT2D eigenvalue weighted by Gasteiger charge is 2.29. The van der Waals surface area contributed by atoms with E-state index in [1.165, 1.54) is 30.6 Å². The van der Waals surface area contributed by atoms with Gasteiger partial charge in [0.15, 0.2) is 0 Å². The van der Waals surface area contributed by atoms with Crippen LogP contribution in [-0.2, 0) is 5.41 Å². The van der Waals surface area contributed by atoms with E-state index < -0.39 is 0 Å². The van der Waals surface area contributed by atoms with Gasteiger partial charge in [0.2, 0.25) is 0 Å². The van der Waals surface area contributed by atoms with Crippen molar-refractivity contribution in [1.29, 1.82) is 0 Å². The summed E-state index contributed by atoms with van der Waals surface area (Å²) in [6, 6.07) is 5.30. The lowest BCUT2D eigenvalue weighted by Crippen LogP contribution is -2.32. The molecule has 1 N–H and O–H groups in total. The van der Waals surface area contributed by atoms with E-state index in [9.17, 15) is 0 Å². The van der Waals surface area contributed by atoms with E-state index in [0.717, 1.165) is 12.5 Å². The second-order valence-corrected chi connectivity index (χ2v) is 7.69. The van der Waals surface area contributed by atoms with Crippen molar-refractivity contribution in [2.45, 2.75) is 64.8 Å². The van der Waals surface area contributed by atoms with Gasteiger partial charge < -0.3 is 5.32 Å². The maximum atomic E-state index is 3.76. The summed E-state index contributed by atoms with van der Waals surface area (Å²) >= 11 is 2.01. The molecule has 102 valence electrons. The first kappa shape index (κ1) is 14.1. The molecule has 2 rings (SSSR count). The molecule has 0 aliphatic heterocycles. The van der Waals surface area contributed by atoms with Crippen LogP contribution in [0.1, 0.15) is 69.2 Å². The van der Waals surface area contributed by atoms with Crippen LogP contribution in [0.25, 0.3) is 0 Å². The molecule has 1 aliphatic rings. The normalized spacial score (nSPS) is 18.7. The van der Waals surface area contributed by atoms with Crippen LogP contribution in [-0.4, -0.2) is 6.54 Å². The second kappa shape index (κ2) is 5.75. The predicted molar refractivity (Wildman–Crippen MR) is 81.4 cm³/mol. The summed E-state index contributed by atoms with van der Waals surface area (Å²) in [5, 5.41) is 3.76. The van der Waals surface area contributed by atoms with Crippen LogP contribution in [0, 0.1) is 5.92 Å². The van der Waals surface area contributed by atoms with Crippen LogP contribution in [0.5, 0.6) is 0 Å². The van der Waals surface area contributed by atoms with Gasteiger partial charge in [-0.05, 0) is 49.3 Å². The lowest BCUT2D eigenvalue weighted by atomic mass is 9.79. The van der Waals surface area contributed by atoms with Crippen molar-refractivity contribution >= 4 is 11.3 Å². The fourth-order valence-electron chi connectivity index (χ4n) is 2.50. The summed E-state index contributed by atoms with van der Waals surface area (Å²) in [5.74, 6) is 0.878. The molecule has 18 heavy (non-hydrogen) atoms. The summed E-state index contributed by atoms with van der Waals surface area (Å²) in [4.78, 5) is 3.07. The van der Waals surface area contributed by atoms with E-state index in [4.69, 9.17) is 0 Å². The number of thiophene rings is 1. The number of nitrogens with one attached hydrogen (secondary N) is 1. The van der Waals surface area contributed by atoms with Gasteiger partial charge in [-0.3, -0.25) is 0 Å². The maximum Gasteiger partial charge on any atom is 0.0443 e. The lowest BCUT2D eigenvalue weighted by molar-refractivity contribution is 0.234. The van der Waals surface area contributed by atoms with E-state index in [2.05, 4.69) is 45.1 Å². The topological polar surface area (TPSA) is 12.0 Å². The monoisotopic (exact) mass is 265 g/mol. The fourth-order valence-corrected chi connectivity index (χ4v) is 3.73. The number of hydrogen-bond acceptors (Lipinski definition) is 2. The fraction of sp³-hybridized carbons (Fsp3) is 0.750. The number of hydrogen-bond donors (Lipinski definition) is 1. The third kappa shape index (κ3) is 3.16. The van der Waals surface area contributed by atoms with Crippen molar-refractivity contribution < 1.29 is 0 Å². The summed E-state index contributed by atoms with van der Waals surface area (Å²) < 4.78 is 0. The first-order valence-electron chi connectivity index (χ1n) is 7.36. The summed E-state index contributed by atoms with van der Waals surface area (Å²) in [6.07, 6.45) is 5.46. The van der Waals surface area contributed by atoms with Gasteiger partial charge in [-0.2, -0.15) is 0 Å². The zero-order valence-electron chi connectivity index (χ0n) is 12.3. The van der Waals surface area contributed by atoms with Crippen molar-refractivity contribution in [3.8, 4) is 0 Å². The standard InChI is InChI=1S/C16H27NS/c1-5-11-17-15(12-7-6-8-12)13-9-10-14(18-13)16(2,3)4/h9-10,12,15,17H,5-8,11H2,1-4H3. The highest BCUT2D eigenvalue weighted by Crippen LogP contribution is 2.41. The molecule has 1 atom stereocenters. The lowest BCUT2D eigenvalue weighted by Gasteiger charge is -2.34.